The molecule has 5 N–H and O–H groups in total. The van der Waals surface area contributed by atoms with E-state index in [1.54, 1.807) is 0 Å². The molecule has 0 atom stereocenters. The Hall–Kier alpha value is -0.410. The van der Waals surface area contributed by atoms with Crippen molar-refractivity contribution >= 4 is 10.4 Å². The average molecular weight is 337 g/mol. The van der Waals surface area contributed by atoms with Crippen LogP contribution in [0, 0.1) is 0 Å². The lowest BCUT2D eigenvalue weighted by molar-refractivity contribution is -0.526. The van der Waals surface area contributed by atoms with Gasteiger partial charge in [-0.25, -0.2) is 0 Å². The second-order valence-electron chi connectivity index (χ2n) is 3.40. The van der Waals surface area contributed by atoms with E-state index in [1.165, 1.54) is 0 Å². The minimum Gasteiger partial charge on any atom is -0.396 e. The lowest BCUT2D eigenvalue weighted by atomic mass is 10.5. The van der Waals surface area contributed by atoms with Gasteiger partial charge in [-0.1, -0.05) is 0 Å². The Morgan fingerprint density at radius 1 is 0.714 bits per heavy atom. The van der Waals surface area contributed by atoms with Crippen molar-refractivity contribution in [1.29, 1.82) is 0 Å². The van der Waals surface area contributed by atoms with E-state index >= 15 is 0 Å². The van der Waals surface area contributed by atoms with E-state index in [4.69, 9.17) is 47.4 Å². The monoisotopic (exact) mass is 337 g/mol. The molecule has 21 heavy (non-hydrogen) atoms. The van der Waals surface area contributed by atoms with Gasteiger partial charge in [-0.15, -0.1) is 0 Å². The van der Waals surface area contributed by atoms with Crippen molar-refractivity contribution < 1.29 is 47.4 Å². The van der Waals surface area contributed by atoms with Crippen molar-refractivity contribution in [3.05, 3.63) is 0 Å². The molecule has 0 aliphatic rings. The molecule has 0 aliphatic heterocycles. The Labute approximate surface area is 123 Å². The summed E-state index contributed by atoms with van der Waals surface area (Å²) in [5, 5.41) is 26.5. The normalized spacial score (nSPS) is 11.3. The summed E-state index contributed by atoms with van der Waals surface area (Å²) >= 11 is 0. The number of aliphatic hydroxyl groups is 3. The second-order valence-corrected chi connectivity index (χ2v) is 4.30. The zero-order chi connectivity index (χ0) is 16.6. The number of hydrogen-bond donors (Lipinski definition) is 5. The number of hydrogen-bond acceptors (Lipinski definition) is 9. The van der Waals surface area contributed by atoms with E-state index in [0.29, 0.717) is 19.3 Å². The quantitative estimate of drug-likeness (QED) is 0.161. The van der Waals surface area contributed by atoms with Crippen LogP contribution in [0.2, 0.25) is 0 Å². The van der Waals surface area contributed by atoms with Crippen LogP contribution in [0.4, 0.5) is 0 Å². The van der Waals surface area contributed by atoms with Crippen molar-refractivity contribution in [3.8, 4) is 0 Å². The van der Waals surface area contributed by atoms with Crippen LogP contribution >= 0.6 is 0 Å². The number of rotatable bonds is 12. The molecule has 0 radical (unpaired) electrons. The SMILES string of the molecule is O=S(=O)(O)O.OCCCON(OCCCO)OCCCO. The zero-order valence-corrected chi connectivity index (χ0v) is 12.3. The maximum Gasteiger partial charge on any atom is 0.394 e. The highest BCUT2D eigenvalue weighted by Crippen LogP contribution is 1.98. The zero-order valence-electron chi connectivity index (χ0n) is 11.5. The Kier molecular flexibility index (Phi) is 17.4. The molecule has 0 aromatic rings. The van der Waals surface area contributed by atoms with Gasteiger partial charge in [-0.2, -0.15) is 8.42 Å². The van der Waals surface area contributed by atoms with Gasteiger partial charge in [0.2, 0.25) is 0 Å². The smallest absolute Gasteiger partial charge is 0.394 e. The standard InChI is InChI=1S/C9H21NO6.H2O4S/c11-4-1-7-14-10(15-8-2-5-12)16-9-3-6-13;1-5(2,3)4/h11-13H,1-9H2;(H2,1,2,3,4). The lowest BCUT2D eigenvalue weighted by Crippen LogP contribution is -2.27. The predicted octanol–water partition coefficient (Wildman–Crippen LogP) is -1.42. The average Bonchev–Trinajstić information content (AvgIpc) is 2.37. The highest BCUT2D eigenvalue weighted by Gasteiger charge is 2.06. The van der Waals surface area contributed by atoms with E-state index in [-0.39, 0.29) is 39.6 Å². The summed E-state index contributed by atoms with van der Waals surface area (Å²) in [7, 11) is -4.67. The van der Waals surface area contributed by atoms with Gasteiger partial charge in [0.15, 0.2) is 0 Å². The summed E-state index contributed by atoms with van der Waals surface area (Å²) in [6, 6.07) is 0. The molecule has 0 saturated heterocycles. The van der Waals surface area contributed by atoms with Gasteiger partial charge < -0.3 is 15.3 Å². The van der Waals surface area contributed by atoms with Crippen LogP contribution < -0.4 is 0 Å². The first-order chi connectivity index (χ1) is 9.85. The van der Waals surface area contributed by atoms with Crippen LogP contribution in [0.25, 0.3) is 0 Å². The Morgan fingerprint density at radius 3 is 1.14 bits per heavy atom. The van der Waals surface area contributed by atoms with E-state index in [9.17, 15) is 0 Å². The topological polar surface area (TPSA) is 166 Å². The van der Waals surface area contributed by atoms with Gasteiger partial charge in [-0.05, 0) is 19.3 Å². The highest BCUT2D eigenvalue weighted by molar-refractivity contribution is 7.79. The molecule has 0 unspecified atom stereocenters. The minimum atomic E-state index is -4.67. The molecule has 0 fully saturated rings. The molecule has 11 nitrogen and oxygen atoms in total. The molecular formula is C9H23NO10S. The molecular weight excluding hydrogens is 314 g/mol. The minimum absolute atomic E-state index is 0.0289. The maximum absolute atomic E-state index is 8.74. The van der Waals surface area contributed by atoms with Crippen molar-refractivity contribution in [2.45, 2.75) is 19.3 Å². The van der Waals surface area contributed by atoms with Gasteiger partial charge in [0.1, 0.15) is 0 Å². The van der Waals surface area contributed by atoms with Crippen molar-refractivity contribution in [1.82, 2.24) is 5.39 Å². The molecule has 0 saturated carbocycles. The summed E-state index contributed by atoms with van der Waals surface area (Å²) in [6.07, 6.45) is 1.43. The van der Waals surface area contributed by atoms with Gasteiger partial charge in [0.25, 0.3) is 0 Å². The summed E-state index contributed by atoms with van der Waals surface area (Å²) in [4.78, 5) is 15.1. The van der Waals surface area contributed by atoms with Gasteiger partial charge >= 0.3 is 10.4 Å². The number of nitrogens with zero attached hydrogens (tertiary/aromatic N) is 1. The van der Waals surface area contributed by atoms with Crippen molar-refractivity contribution in [2.75, 3.05) is 39.6 Å². The van der Waals surface area contributed by atoms with Crippen LogP contribution in [0.3, 0.4) is 0 Å². The van der Waals surface area contributed by atoms with Crippen LogP contribution in [-0.2, 0) is 24.9 Å². The van der Waals surface area contributed by atoms with Crippen molar-refractivity contribution in [3.63, 3.8) is 0 Å². The van der Waals surface area contributed by atoms with E-state index < -0.39 is 10.4 Å². The number of aliphatic hydroxyl groups excluding tert-OH is 3. The first-order valence-electron chi connectivity index (χ1n) is 6.06. The summed E-state index contributed by atoms with van der Waals surface area (Å²) in [5.41, 5.74) is 0. The Bertz CT molecular complexity index is 267. The largest absolute Gasteiger partial charge is 0.396 e. The van der Waals surface area contributed by atoms with Gasteiger partial charge in [0.05, 0.1) is 25.2 Å². The predicted molar refractivity (Wildman–Crippen MR) is 69.0 cm³/mol. The molecule has 0 rings (SSSR count). The summed E-state index contributed by atoms with van der Waals surface area (Å²) in [5.74, 6) is 0. The summed E-state index contributed by atoms with van der Waals surface area (Å²) < 4.78 is 31.6. The molecule has 0 aliphatic carbocycles. The third-order valence-corrected chi connectivity index (χ3v) is 1.50. The molecule has 12 heteroatoms. The van der Waals surface area contributed by atoms with E-state index in [0.717, 1.165) is 5.39 Å². The molecule has 0 aromatic carbocycles. The first-order valence-corrected chi connectivity index (χ1v) is 7.46. The maximum atomic E-state index is 8.74. The molecule has 0 heterocycles. The van der Waals surface area contributed by atoms with Gasteiger partial charge in [0, 0.05) is 19.8 Å². The third-order valence-electron chi connectivity index (χ3n) is 1.50. The van der Waals surface area contributed by atoms with Crippen LogP contribution in [0.5, 0.6) is 0 Å². The lowest BCUT2D eigenvalue weighted by Gasteiger charge is -2.19. The fraction of sp³-hybridized carbons (Fsp3) is 1.00. The second kappa shape index (κ2) is 16.0. The molecule has 0 amide bonds. The molecule has 0 bridgehead atoms. The van der Waals surface area contributed by atoms with E-state index in [2.05, 4.69) is 0 Å². The first kappa shape index (κ1) is 22.9. The Balaban J connectivity index is 0. The Morgan fingerprint density at radius 2 is 0.952 bits per heavy atom. The van der Waals surface area contributed by atoms with Gasteiger partial charge in [-0.3, -0.25) is 23.6 Å². The van der Waals surface area contributed by atoms with Crippen LogP contribution in [0.1, 0.15) is 19.3 Å². The third kappa shape index (κ3) is 28.5. The highest BCUT2D eigenvalue weighted by atomic mass is 32.3. The van der Waals surface area contributed by atoms with Crippen LogP contribution in [-0.4, -0.2) is 77.9 Å². The van der Waals surface area contributed by atoms with Crippen molar-refractivity contribution in [2.24, 2.45) is 0 Å². The van der Waals surface area contributed by atoms with E-state index in [1.807, 2.05) is 0 Å². The fourth-order valence-electron chi connectivity index (χ4n) is 0.723. The molecule has 0 aromatic heterocycles. The molecule has 130 valence electrons. The summed E-state index contributed by atoms with van der Waals surface area (Å²) in [6.45, 7) is 0.904. The fourth-order valence-corrected chi connectivity index (χ4v) is 0.723. The molecule has 0 spiro atoms. The van der Waals surface area contributed by atoms with Crippen LogP contribution in [0.15, 0.2) is 0 Å².